The third-order valence-corrected chi connectivity index (χ3v) is 18.0. The maximum absolute atomic E-state index is 14.3. The summed E-state index contributed by atoms with van der Waals surface area (Å²) in [4.78, 5) is 75.8. The van der Waals surface area contributed by atoms with Gasteiger partial charge in [-0.3, -0.25) is 24.3 Å². The number of methoxy groups -OCH3 is 2. The average molecular weight is 1030 g/mol. The Morgan fingerprint density at radius 3 is 2.43 bits per heavy atom. The molecule has 0 spiro atoms. The van der Waals surface area contributed by atoms with E-state index in [1.807, 2.05) is 32.3 Å². The molecule has 1 aromatic rings. The number of piperazine rings is 1. The Kier molecular flexibility index (Phi) is 17.5. The number of carbonyl (C=O) groups excluding carboxylic acids is 5. The van der Waals surface area contributed by atoms with Gasteiger partial charge in [0, 0.05) is 95.4 Å². The van der Waals surface area contributed by atoms with Crippen LogP contribution in [0, 0.1) is 40.4 Å². The number of amides is 3. The van der Waals surface area contributed by atoms with Crippen molar-refractivity contribution in [3.63, 3.8) is 0 Å². The molecule has 8 rings (SSSR count). The molecule has 0 aromatic carbocycles. The Balaban J connectivity index is 0.870. The summed E-state index contributed by atoms with van der Waals surface area (Å²) in [5.41, 5.74) is 11.0. The first-order valence-corrected chi connectivity index (χ1v) is 27.2. The second-order valence-corrected chi connectivity index (χ2v) is 22.7. The predicted octanol–water partition coefficient (Wildman–Crippen LogP) is 7.53. The maximum atomic E-state index is 14.3. The molecule has 3 fully saturated rings. The number of aliphatic hydroxyl groups is 1. The van der Waals surface area contributed by atoms with Crippen molar-refractivity contribution in [1.29, 1.82) is 0 Å². The van der Waals surface area contributed by atoms with Gasteiger partial charge in [0.1, 0.15) is 12.2 Å². The largest absolute Gasteiger partial charge is 0.446 e. The number of carbonyl (C=O) groups is 5. The Hall–Kier alpha value is -5.68. The molecule has 1 unspecified atom stereocenters. The molecule has 3 heterocycles. The van der Waals surface area contributed by atoms with Gasteiger partial charge in [-0.25, -0.2) is 9.59 Å². The first-order valence-electron chi connectivity index (χ1n) is 27.2. The Labute approximate surface area is 443 Å². The summed E-state index contributed by atoms with van der Waals surface area (Å²) in [6, 6.07) is 4.26. The number of aromatic nitrogens is 1. The minimum Gasteiger partial charge on any atom is -0.446 e. The van der Waals surface area contributed by atoms with Crippen LogP contribution >= 0.6 is 0 Å². The van der Waals surface area contributed by atoms with Crippen LogP contribution in [0.1, 0.15) is 105 Å². The van der Waals surface area contributed by atoms with E-state index >= 15 is 0 Å². The van der Waals surface area contributed by atoms with Gasteiger partial charge in [0.15, 0.2) is 6.10 Å². The molecule has 1 aromatic heterocycles. The highest BCUT2D eigenvalue weighted by Gasteiger charge is 2.57. The highest BCUT2D eigenvalue weighted by Crippen LogP contribution is 2.66. The number of hydrogen-bond donors (Lipinski definition) is 4. The van der Waals surface area contributed by atoms with E-state index in [2.05, 4.69) is 52.6 Å². The molecule has 75 heavy (non-hydrogen) atoms. The second-order valence-electron chi connectivity index (χ2n) is 22.7. The van der Waals surface area contributed by atoms with E-state index < -0.39 is 53.9 Å². The summed E-state index contributed by atoms with van der Waals surface area (Å²) >= 11 is 0. The van der Waals surface area contributed by atoms with Crippen molar-refractivity contribution >= 4 is 35.2 Å². The monoisotopic (exact) mass is 1030 g/mol. The molecular weight excluding hydrogens is 953 g/mol. The standard InChI is InChI=1S/C59H80N6O10/c1-35-29-43-51(48(66)33-47(53(43)68)63-55(69)36(2)11-9-13-49(72-7)54(75-56(60)70)38(4)31-37(3)52(67)50(30-35)73-8)62-23-24-64-25-27-65(28-26-64)57(71)74-41-18-20-58(5)40(32-41)14-15-42-45-17-16-44(39-12-10-22-61-34-39)59(45,6)21-19-46(42)58/h9-14,16,22,31,33-35,37,41-42,45-46,49-50,52,54,62,67H,15,17-21,23-30,32H2,1-8H3,(H2,60,70)(H,63,69)/b13-9-,36-11+,38-31+/t35-,37+,41+,42+,45+,46+,49+,50+,52+,54?,58+,59-/m1/s1. The first kappa shape index (κ1) is 55.5. The van der Waals surface area contributed by atoms with Crippen LogP contribution < -0.4 is 16.4 Å². The molecule has 2 bridgehead atoms. The number of nitrogens with one attached hydrogen (secondary N) is 2. The van der Waals surface area contributed by atoms with Crippen molar-refractivity contribution in [3.05, 3.63) is 106 Å². The number of fused-ring (bicyclic) bond motifs is 7. The molecule has 0 radical (unpaired) electrons. The van der Waals surface area contributed by atoms with E-state index in [1.165, 1.54) is 49.8 Å². The van der Waals surface area contributed by atoms with Crippen molar-refractivity contribution in [2.24, 2.45) is 46.2 Å². The number of nitrogens with two attached hydrogens (primary N) is 1. The lowest BCUT2D eigenvalue weighted by Gasteiger charge is -2.58. The van der Waals surface area contributed by atoms with Crippen LogP contribution in [0.5, 0.6) is 0 Å². The number of pyridine rings is 1. The molecule has 12 atom stereocenters. The number of Topliss-reactive ketones (excluding diaryl/α,β-unsaturated/α-hetero) is 1. The van der Waals surface area contributed by atoms with Gasteiger partial charge in [-0.05, 0) is 122 Å². The van der Waals surface area contributed by atoms with Crippen LogP contribution in [0.4, 0.5) is 9.59 Å². The summed E-state index contributed by atoms with van der Waals surface area (Å²) in [7, 11) is 2.95. The summed E-state index contributed by atoms with van der Waals surface area (Å²) in [6.45, 7) is 15.2. The lowest BCUT2D eigenvalue weighted by Crippen LogP contribution is -2.52. The maximum Gasteiger partial charge on any atom is 0.410 e. The van der Waals surface area contributed by atoms with Gasteiger partial charge in [-0.2, -0.15) is 0 Å². The van der Waals surface area contributed by atoms with E-state index in [4.69, 9.17) is 24.7 Å². The van der Waals surface area contributed by atoms with E-state index in [0.29, 0.717) is 69.0 Å². The third kappa shape index (κ3) is 12.0. The van der Waals surface area contributed by atoms with Gasteiger partial charge >= 0.3 is 12.2 Å². The number of ether oxygens (including phenoxy) is 4. The van der Waals surface area contributed by atoms with Gasteiger partial charge < -0.3 is 45.3 Å². The van der Waals surface area contributed by atoms with E-state index in [1.54, 1.807) is 37.0 Å². The lowest BCUT2D eigenvalue weighted by atomic mass is 9.47. The van der Waals surface area contributed by atoms with Crippen molar-refractivity contribution in [1.82, 2.24) is 25.4 Å². The quantitative estimate of drug-likeness (QED) is 0.139. The highest BCUT2D eigenvalue weighted by atomic mass is 16.6. The number of allylic oxidation sites excluding steroid dienone is 7. The summed E-state index contributed by atoms with van der Waals surface area (Å²) in [5, 5.41) is 17.5. The van der Waals surface area contributed by atoms with Crippen LogP contribution in [0.2, 0.25) is 0 Å². The molecule has 16 nitrogen and oxygen atoms in total. The number of primary amides is 1. The number of aliphatic hydroxyl groups excluding tert-OH is 1. The van der Waals surface area contributed by atoms with Gasteiger partial charge in [-0.1, -0.05) is 75.8 Å². The highest BCUT2D eigenvalue weighted by molar-refractivity contribution is 6.23. The average Bonchev–Trinajstić information content (AvgIpc) is 3.78. The predicted molar refractivity (Wildman–Crippen MR) is 285 cm³/mol. The Bertz CT molecular complexity index is 2560. The second kappa shape index (κ2) is 23.7. The number of ketones is 2. The van der Waals surface area contributed by atoms with Gasteiger partial charge in [0.25, 0.3) is 5.91 Å². The zero-order valence-corrected chi connectivity index (χ0v) is 45.3. The SMILES string of the molecule is CO[C@H]1/C=C\C=C(/C)C(=O)NC2=CC(=O)C(NCCN3CCN(C(=O)O[C@H]4CC[C@@]5(C)C(=CC[C@@H]6[C@@H]5CC[C@]5(C)C(c7cccnc7)=CC[C@@H]65)C4)CC3)=C(C[C@@H](C)C[C@H](OC)[C@@H](O)[C@@H](C)/C=C(\C)C1OC(N)=O)C2=O. The van der Waals surface area contributed by atoms with E-state index in [0.717, 1.165) is 38.2 Å². The Morgan fingerprint density at radius 2 is 1.72 bits per heavy atom. The summed E-state index contributed by atoms with van der Waals surface area (Å²) in [6.07, 6.45) is 19.4. The molecule has 1 saturated heterocycles. The van der Waals surface area contributed by atoms with Gasteiger partial charge in [0.05, 0.1) is 23.6 Å². The van der Waals surface area contributed by atoms with E-state index in [-0.39, 0.29) is 57.9 Å². The third-order valence-electron chi connectivity index (χ3n) is 18.0. The number of rotatable bonds is 9. The summed E-state index contributed by atoms with van der Waals surface area (Å²) < 4.78 is 23.2. The minimum absolute atomic E-state index is 0.127. The van der Waals surface area contributed by atoms with E-state index in [9.17, 15) is 29.1 Å². The van der Waals surface area contributed by atoms with Crippen molar-refractivity contribution in [2.45, 2.75) is 130 Å². The molecule has 7 aliphatic rings. The molecule has 5 aliphatic carbocycles. The van der Waals surface area contributed by atoms with Crippen molar-refractivity contribution in [2.75, 3.05) is 53.5 Å². The van der Waals surface area contributed by atoms with Crippen LogP contribution in [0.25, 0.3) is 5.57 Å². The smallest absolute Gasteiger partial charge is 0.410 e. The lowest BCUT2D eigenvalue weighted by molar-refractivity contribution is -0.120. The fraction of sp³-hybridized carbons (Fsp3) is 0.593. The Morgan fingerprint density at radius 1 is 0.960 bits per heavy atom. The molecule has 2 aliphatic heterocycles. The van der Waals surface area contributed by atoms with Crippen molar-refractivity contribution < 1.29 is 48.0 Å². The molecule has 2 saturated carbocycles. The normalized spacial score (nSPS) is 35.9. The fourth-order valence-corrected chi connectivity index (χ4v) is 13.8. The van der Waals surface area contributed by atoms with Crippen LogP contribution in [0.3, 0.4) is 0 Å². The van der Waals surface area contributed by atoms with Crippen LogP contribution in [-0.4, -0.2) is 134 Å². The van der Waals surface area contributed by atoms with Crippen LogP contribution in [0.15, 0.2) is 101 Å². The van der Waals surface area contributed by atoms with Crippen LogP contribution in [-0.2, 0) is 33.3 Å². The van der Waals surface area contributed by atoms with Gasteiger partial charge in [-0.15, -0.1) is 0 Å². The molecule has 406 valence electrons. The minimum atomic E-state index is -1.01. The topological polar surface area (TPSA) is 212 Å². The summed E-state index contributed by atoms with van der Waals surface area (Å²) in [5.74, 6) is -0.348. The number of nitrogens with zero attached hydrogens (tertiary/aromatic N) is 3. The molecule has 16 heteroatoms. The van der Waals surface area contributed by atoms with Gasteiger partial charge in [0.2, 0.25) is 11.6 Å². The molecule has 5 N–H and O–H groups in total. The molecular formula is C59H80N6O10. The number of hydrogen-bond acceptors (Lipinski definition) is 13. The van der Waals surface area contributed by atoms with Crippen molar-refractivity contribution in [3.8, 4) is 0 Å². The first-order chi connectivity index (χ1) is 35.8. The fourth-order valence-electron chi connectivity index (χ4n) is 13.8. The zero-order valence-electron chi connectivity index (χ0n) is 45.3. The zero-order chi connectivity index (χ0) is 53.8. The molecule has 3 amide bonds.